The monoisotopic (exact) mass is 314 g/mol. The predicted molar refractivity (Wildman–Crippen MR) is 76.7 cm³/mol. The smallest absolute Gasteiger partial charge is 0.241 e. The minimum absolute atomic E-state index is 0.0222. The predicted octanol–water partition coefficient (Wildman–Crippen LogP) is 2.03. The topological polar surface area (TPSA) is 43.8 Å². The second-order valence-corrected chi connectivity index (χ2v) is 5.44. The summed E-state index contributed by atoms with van der Waals surface area (Å²) in [5.74, 6) is 0.0222. The molecule has 100 valence electrons. The van der Waals surface area contributed by atoms with Crippen molar-refractivity contribution in [3.8, 4) is 0 Å². The Labute approximate surface area is 116 Å². The number of nitrogens with zero attached hydrogens (tertiary/aromatic N) is 2. The summed E-state index contributed by atoms with van der Waals surface area (Å²) in [4.78, 5) is 15.1. The number of anilines is 1. The molecule has 18 heavy (non-hydrogen) atoms. The van der Waals surface area contributed by atoms with Crippen LogP contribution < -0.4 is 4.90 Å². The van der Waals surface area contributed by atoms with Gasteiger partial charge >= 0.3 is 0 Å². The maximum Gasteiger partial charge on any atom is 0.241 e. The maximum atomic E-state index is 11.7. The third-order valence-corrected chi connectivity index (χ3v) is 3.22. The molecular formula is C13H19BrN2O2. The number of rotatable bonds is 4. The zero-order valence-corrected chi connectivity index (χ0v) is 12.7. The van der Waals surface area contributed by atoms with Gasteiger partial charge in [-0.2, -0.15) is 0 Å². The van der Waals surface area contributed by atoms with E-state index < -0.39 is 6.10 Å². The van der Waals surface area contributed by atoms with Crippen molar-refractivity contribution < 1.29 is 9.90 Å². The summed E-state index contributed by atoms with van der Waals surface area (Å²) in [7, 11) is 5.30. The van der Waals surface area contributed by atoms with Gasteiger partial charge in [0.25, 0.3) is 0 Å². The first-order chi connectivity index (χ1) is 8.32. The van der Waals surface area contributed by atoms with Crippen molar-refractivity contribution >= 4 is 27.5 Å². The fourth-order valence-corrected chi connectivity index (χ4v) is 1.98. The van der Waals surface area contributed by atoms with Gasteiger partial charge in [0, 0.05) is 36.9 Å². The lowest BCUT2D eigenvalue weighted by atomic mass is 10.1. The number of amides is 1. The highest BCUT2D eigenvalue weighted by molar-refractivity contribution is 9.10. The Hall–Kier alpha value is -1.07. The lowest BCUT2D eigenvalue weighted by molar-refractivity contribution is -0.127. The van der Waals surface area contributed by atoms with E-state index in [-0.39, 0.29) is 12.5 Å². The molecule has 0 fully saturated rings. The van der Waals surface area contributed by atoms with Gasteiger partial charge in [0.15, 0.2) is 0 Å². The molecule has 0 heterocycles. The second-order valence-electron chi connectivity index (χ2n) is 4.52. The Balaban J connectivity index is 3.00. The highest BCUT2D eigenvalue weighted by Gasteiger charge is 2.15. The van der Waals surface area contributed by atoms with Gasteiger partial charge in [0.2, 0.25) is 5.91 Å². The summed E-state index contributed by atoms with van der Waals surface area (Å²) in [6, 6.07) is 5.65. The number of hydrogen-bond acceptors (Lipinski definition) is 3. The van der Waals surface area contributed by atoms with Crippen LogP contribution >= 0.6 is 15.9 Å². The normalized spacial score (nSPS) is 12.1. The van der Waals surface area contributed by atoms with Crippen LogP contribution in [-0.2, 0) is 4.79 Å². The lowest BCUT2D eigenvalue weighted by Gasteiger charge is -2.24. The Morgan fingerprint density at radius 1 is 1.39 bits per heavy atom. The van der Waals surface area contributed by atoms with E-state index in [9.17, 15) is 9.90 Å². The van der Waals surface area contributed by atoms with Gasteiger partial charge in [-0.3, -0.25) is 4.79 Å². The van der Waals surface area contributed by atoms with E-state index in [1.54, 1.807) is 25.9 Å². The average Bonchev–Trinajstić information content (AvgIpc) is 2.28. The average molecular weight is 315 g/mol. The van der Waals surface area contributed by atoms with Crippen LogP contribution in [0, 0.1) is 0 Å². The molecule has 1 amide bonds. The molecule has 5 heteroatoms. The minimum Gasteiger partial charge on any atom is -0.389 e. The van der Waals surface area contributed by atoms with Crippen molar-refractivity contribution in [3.05, 3.63) is 28.2 Å². The second kappa shape index (κ2) is 6.20. The standard InChI is InChI=1S/C13H19BrN2O2/c1-9(17)11-6-5-10(14)7-12(11)16(4)8-13(18)15(2)3/h5-7,9,17H,8H2,1-4H3. The van der Waals surface area contributed by atoms with E-state index >= 15 is 0 Å². The van der Waals surface area contributed by atoms with Crippen LogP contribution in [-0.4, -0.2) is 43.6 Å². The van der Waals surface area contributed by atoms with Crippen LogP contribution in [0.1, 0.15) is 18.6 Å². The van der Waals surface area contributed by atoms with E-state index in [0.717, 1.165) is 15.7 Å². The molecule has 0 aliphatic rings. The van der Waals surface area contributed by atoms with Gasteiger partial charge < -0.3 is 14.9 Å². The van der Waals surface area contributed by atoms with Crippen LogP contribution in [0.3, 0.4) is 0 Å². The minimum atomic E-state index is -0.565. The number of benzene rings is 1. The first-order valence-corrected chi connectivity index (χ1v) is 6.51. The van der Waals surface area contributed by atoms with Gasteiger partial charge in [-0.15, -0.1) is 0 Å². The summed E-state index contributed by atoms with van der Waals surface area (Å²) in [5.41, 5.74) is 1.67. The quantitative estimate of drug-likeness (QED) is 0.924. The molecule has 0 aromatic heterocycles. The van der Waals surface area contributed by atoms with Crippen molar-refractivity contribution in [1.82, 2.24) is 4.90 Å². The Kier molecular flexibility index (Phi) is 5.16. The first kappa shape index (κ1) is 15.0. The van der Waals surface area contributed by atoms with Crippen LogP contribution in [0.4, 0.5) is 5.69 Å². The number of aliphatic hydroxyl groups is 1. The Bertz CT molecular complexity index is 433. The number of carbonyl (C=O) groups is 1. The number of halogens is 1. The summed E-state index contributed by atoms with van der Waals surface area (Å²) < 4.78 is 0.922. The summed E-state index contributed by atoms with van der Waals surface area (Å²) in [6.45, 7) is 2.00. The van der Waals surface area contributed by atoms with Crippen LogP contribution in [0.25, 0.3) is 0 Å². The molecule has 0 spiro atoms. The zero-order chi connectivity index (χ0) is 13.9. The summed E-state index contributed by atoms with van der Waals surface area (Å²) >= 11 is 3.41. The SMILES string of the molecule is CC(O)c1ccc(Br)cc1N(C)CC(=O)N(C)C. The van der Waals surface area contributed by atoms with Gasteiger partial charge in [0.1, 0.15) is 0 Å². The number of aliphatic hydroxyl groups excluding tert-OH is 1. The molecule has 1 N–H and O–H groups in total. The van der Waals surface area contributed by atoms with E-state index in [1.165, 1.54) is 0 Å². The molecule has 0 aliphatic heterocycles. The van der Waals surface area contributed by atoms with Crippen LogP contribution in [0.15, 0.2) is 22.7 Å². The van der Waals surface area contributed by atoms with E-state index in [2.05, 4.69) is 15.9 Å². The van der Waals surface area contributed by atoms with Gasteiger partial charge in [-0.25, -0.2) is 0 Å². The third-order valence-electron chi connectivity index (χ3n) is 2.73. The first-order valence-electron chi connectivity index (χ1n) is 5.71. The fourth-order valence-electron chi connectivity index (χ4n) is 1.63. The van der Waals surface area contributed by atoms with Gasteiger partial charge in [-0.05, 0) is 19.1 Å². The van der Waals surface area contributed by atoms with Gasteiger partial charge in [-0.1, -0.05) is 22.0 Å². The van der Waals surface area contributed by atoms with Crippen LogP contribution in [0.2, 0.25) is 0 Å². The van der Waals surface area contributed by atoms with Crippen molar-refractivity contribution in [3.63, 3.8) is 0 Å². The maximum absolute atomic E-state index is 11.7. The highest BCUT2D eigenvalue weighted by atomic mass is 79.9. The van der Waals surface area contributed by atoms with E-state index in [1.807, 2.05) is 30.1 Å². The van der Waals surface area contributed by atoms with Crippen molar-refractivity contribution in [2.24, 2.45) is 0 Å². The fraction of sp³-hybridized carbons (Fsp3) is 0.462. The van der Waals surface area contributed by atoms with Crippen molar-refractivity contribution in [2.75, 3.05) is 32.6 Å². The molecule has 4 nitrogen and oxygen atoms in total. The molecule has 0 saturated heterocycles. The lowest BCUT2D eigenvalue weighted by Crippen LogP contribution is -2.34. The Morgan fingerprint density at radius 2 is 2.00 bits per heavy atom. The third kappa shape index (κ3) is 3.71. The molecule has 1 aromatic rings. The number of carbonyl (C=O) groups excluding carboxylic acids is 1. The Morgan fingerprint density at radius 3 is 2.50 bits per heavy atom. The number of likely N-dealkylation sites (N-methyl/N-ethyl adjacent to an activating group) is 2. The summed E-state index contributed by atoms with van der Waals surface area (Å²) in [6.07, 6.45) is -0.565. The molecular weight excluding hydrogens is 296 g/mol. The largest absolute Gasteiger partial charge is 0.389 e. The molecule has 0 radical (unpaired) electrons. The summed E-state index contributed by atoms with van der Waals surface area (Å²) in [5, 5.41) is 9.75. The van der Waals surface area contributed by atoms with Gasteiger partial charge in [0.05, 0.1) is 12.6 Å². The molecule has 0 bridgehead atoms. The van der Waals surface area contributed by atoms with Crippen molar-refractivity contribution in [2.45, 2.75) is 13.0 Å². The highest BCUT2D eigenvalue weighted by Crippen LogP contribution is 2.28. The van der Waals surface area contributed by atoms with E-state index in [0.29, 0.717) is 0 Å². The molecule has 0 aliphatic carbocycles. The van der Waals surface area contributed by atoms with E-state index in [4.69, 9.17) is 0 Å². The van der Waals surface area contributed by atoms with Crippen LogP contribution in [0.5, 0.6) is 0 Å². The molecule has 1 rings (SSSR count). The zero-order valence-electron chi connectivity index (χ0n) is 11.1. The molecule has 1 unspecified atom stereocenters. The van der Waals surface area contributed by atoms with Crippen molar-refractivity contribution in [1.29, 1.82) is 0 Å². The molecule has 1 atom stereocenters. The number of hydrogen-bond donors (Lipinski definition) is 1. The molecule has 0 saturated carbocycles. The molecule has 1 aromatic carbocycles.